The minimum atomic E-state index is -1.60. The highest BCUT2D eigenvalue weighted by Gasteiger charge is 2.14. The van der Waals surface area contributed by atoms with Crippen molar-refractivity contribution in [2.24, 2.45) is 0 Å². The Morgan fingerprint density at radius 2 is 1.60 bits per heavy atom. The van der Waals surface area contributed by atoms with E-state index >= 15 is 0 Å². The molecule has 0 aliphatic heterocycles. The van der Waals surface area contributed by atoms with Crippen molar-refractivity contribution >= 4 is 5.97 Å². The zero-order chi connectivity index (χ0) is 14.7. The number of esters is 1. The smallest absolute Gasteiger partial charge is 0.343 e. The monoisotopic (exact) mass is 280 g/mol. The topological polar surface area (TPSA) is 26.3 Å². The molecule has 0 saturated heterocycles. The standard InChI is InChI=1S/C15H11F3O2/c1-2-9-3-5-10(6-4-9)15(19)20-11-7-12(16)14(18)13(17)8-11/h3-8H,2H2,1H3. The van der Waals surface area contributed by atoms with Crippen LogP contribution < -0.4 is 4.74 Å². The highest BCUT2D eigenvalue weighted by molar-refractivity contribution is 5.91. The molecule has 0 aromatic heterocycles. The van der Waals surface area contributed by atoms with Crippen molar-refractivity contribution in [3.8, 4) is 5.75 Å². The summed E-state index contributed by atoms with van der Waals surface area (Å²) in [6, 6.07) is 7.85. The average Bonchev–Trinajstić information content (AvgIpc) is 2.44. The van der Waals surface area contributed by atoms with E-state index in [0.29, 0.717) is 12.1 Å². The Labute approximate surface area is 113 Å². The second-order valence-corrected chi connectivity index (χ2v) is 4.14. The van der Waals surface area contributed by atoms with Gasteiger partial charge in [-0.15, -0.1) is 0 Å². The Hall–Kier alpha value is -2.30. The Bertz CT molecular complexity index is 613. The first kappa shape index (κ1) is 14.1. The van der Waals surface area contributed by atoms with E-state index in [1.165, 1.54) is 0 Å². The van der Waals surface area contributed by atoms with Gasteiger partial charge < -0.3 is 4.74 Å². The molecular weight excluding hydrogens is 269 g/mol. The van der Waals surface area contributed by atoms with Gasteiger partial charge in [-0.05, 0) is 24.1 Å². The molecule has 2 nitrogen and oxygen atoms in total. The van der Waals surface area contributed by atoms with Crippen LogP contribution >= 0.6 is 0 Å². The van der Waals surface area contributed by atoms with E-state index in [1.807, 2.05) is 6.92 Å². The molecule has 0 unspecified atom stereocenters. The fraction of sp³-hybridized carbons (Fsp3) is 0.133. The largest absolute Gasteiger partial charge is 0.423 e. The summed E-state index contributed by atoms with van der Waals surface area (Å²) < 4.78 is 43.5. The summed E-state index contributed by atoms with van der Waals surface area (Å²) in [5.41, 5.74) is 1.28. The number of carbonyl (C=O) groups excluding carboxylic acids is 1. The quantitative estimate of drug-likeness (QED) is 0.484. The van der Waals surface area contributed by atoms with Crippen LogP contribution in [0, 0.1) is 17.5 Å². The van der Waals surface area contributed by atoms with Crippen molar-refractivity contribution in [3.05, 3.63) is 65.0 Å². The number of hydrogen-bond acceptors (Lipinski definition) is 2. The fourth-order valence-corrected chi connectivity index (χ4v) is 1.63. The third kappa shape index (κ3) is 2.99. The van der Waals surface area contributed by atoms with Crippen LogP contribution in [0.5, 0.6) is 5.75 Å². The summed E-state index contributed by atoms with van der Waals surface area (Å²) in [4.78, 5) is 11.8. The third-order valence-electron chi connectivity index (χ3n) is 2.77. The van der Waals surface area contributed by atoms with E-state index in [9.17, 15) is 18.0 Å². The molecule has 0 fully saturated rings. The molecule has 0 saturated carbocycles. The molecule has 0 aliphatic rings. The van der Waals surface area contributed by atoms with Crippen LogP contribution in [0.15, 0.2) is 36.4 Å². The first-order valence-electron chi connectivity index (χ1n) is 5.97. The molecular formula is C15H11F3O2. The predicted octanol–water partition coefficient (Wildman–Crippen LogP) is 3.89. The van der Waals surface area contributed by atoms with Crippen LogP contribution in [0.3, 0.4) is 0 Å². The molecule has 0 radical (unpaired) electrons. The third-order valence-corrected chi connectivity index (χ3v) is 2.77. The summed E-state index contributed by atoms with van der Waals surface area (Å²) >= 11 is 0. The molecule has 0 atom stereocenters. The SMILES string of the molecule is CCc1ccc(C(=O)Oc2cc(F)c(F)c(F)c2)cc1. The molecule has 2 aromatic rings. The van der Waals surface area contributed by atoms with Crippen molar-refractivity contribution < 1.29 is 22.7 Å². The second kappa shape index (κ2) is 5.77. The molecule has 2 aromatic carbocycles. The highest BCUT2D eigenvalue weighted by Crippen LogP contribution is 2.20. The Morgan fingerprint density at radius 1 is 1.05 bits per heavy atom. The Kier molecular flexibility index (Phi) is 4.08. The fourth-order valence-electron chi connectivity index (χ4n) is 1.63. The number of halogens is 3. The van der Waals surface area contributed by atoms with E-state index in [0.717, 1.165) is 12.0 Å². The molecule has 5 heteroatoms. The van der Waals surface area contributed by atoms with Gasteiger partial charge in [0.15, 0.2) is 17.5 Å². The molecule has 2 rings (SSSR count). The molecule has 0 bridgehead atoms. The lowest BCUT2D eigenvalue weighted by Crippen LogP contribution is -2.09. The van der Waals surface area contributed by atoms with Gasteiger partial charge in [-0.3, -0.25) is 0 Å². The second-order valence-electron chi connectivity index (χ2n) is 4.14. The first-order chi connectivity index (χ1) is 9.51. The summed E-state index contributed by atoms with van der Waals surface area (Å²) in [6.07, 6.45) is 0.823. The van der Waals surface area contributed by atoms with Crippen LogP contribution in [0.25, 0.3) is 0 Å². The molecule has 104 valence electrons. The van der Waals surface area contributed by atoms with Gasteiger partial charge >= 0.3 is 5.97 Å². The lowest BCUT2D eigenvalue weighted by molar-refractivity contribution is 0.0733. The van der Waals surface area contributed by atoms with E-state index < -0.39 is 23.4 Å². The van der Waals surface area contributed by atoms with Crippen molar-refractivity contribution in [3.63, 3.8) is 0 Å². The number of benzene rings is 2. The highest BCUT2D eigenvalue weighted by atomic mass is 19.2. The number of rotatable bonds is 3. The van der Waals surface area contributed by atoms with Crippen LogP contribution in [0.1, 0.15) is 22.8 Å². The van der Waals surface area contributed by atoms with Crippen molar-refractivity contribution in [2.75, 3.05) is 0 Å². The van der Waals surface area contributed by atoms with Crippen molar-refractivity contribution in [2.45, 2.75) is 13.3 Å². The lowest BCUT2D eigenvalue weighted by Gasteiger charge is -2.06. The summed E-state index contributed by atoms with van der Waals surface area (Å²) in [5.74, 6) is -5.57. The van der Waals surface area contributed by atoms with Crippen LogP contribution in [0.4, 0.5) is 13.2 Å². The maximum atomic E-state index is 13.0. The minimum absolute atomic E-state index is 0.243. The van der Waals surface area contributed by atoms with Gasteiger partial charge in [0.1, 0.15) is 5.75 Å². The van der Waals surface area contributed by atoms with Gasteiger partial charge in [0.05, 0.1) is 5.56 Å². The number of ether oxygens (including phenoxy) is 1. The van der Waals surface area contributed by atoms with E-state index in [1.54, 1.807) is 24.3 Å². The maximum absolute atomic E-state index is 13.0. The van der Waals surface area contributed by atoms with Gasteiger partial charge in [-0.2, -0.15) is 0 Å². The van der Waals surface area contributed by atoms with E-state index in [-0.39, 0.29) is 11.3 Å². The van der Waals surface area contributed by atoms with E-state index in [2.05, 4.69) is 0 Å². The molecule has 0 amide bonds. The zero-order valence-electron chi connectivity index (χ0n) is 10.6. The van der Waals surface area contributed by atoms with Gasteiger partial charge in [0, 0.05) is 12.1 Å². The summed E-state index contributed by atoms with van der Waals surface area (Å²) in [6.45, 7) is 1.97. The lowest BCUT2D eigenvalue weighted by atomic mass is 10.1. The van der Waals surface area contributed by atoms with Gasteiger partial charge in [-0.25, -0.2) is 18.0 Å². The van der Waals surface area contributed by atoms with Gasteiger partial charge in [0.25, 0.3) is 0 Å². The number of carbonyl (C=O) groups is 1. The zero-order valence-corrected chi connectivity index (χ0v) is 10.6. The predicted molar refractivity (Wildman–Crippen MR) is 67.1 cm³/mol. The van der Waals surface area contributed by atoms with Crippen molar-refractivity contribution in [1.82, 2.24) is 0 Å². The van der Waals surface area contributed by atoms with Crippen LogP contribution in [-0.4, -0.2) is 5.97 Å². The van der Waals surface area contributed by atoms with Crippen molar-refractivity contribution in [1.29, 1.82) is 0 Å². The molecule has 0 aliphatic carbocycles. The molecule has 0 heterocycles. The first-order valence-corrected chi connectivity index (χ1v) is 5.97. The van der Waals surface area contributed by atoms with Crippen LogP contribution in [0.2, 0.25) is 0 Å². The van der Waals surface area contributed by atoms with E-state index in [4.69, 9.17) is 4.74 Å². The Balaban J connectivity index is 2.18. The van der Waals surface area contributed by atoms with Gasteiger partial charge in [0.2, 0.25) is 0 Å². The summed E-state index contributed by atoms with van der Waals surface area (Å²) in [5, 5.41) is 0. The molecule has 20 heavy (non-hydrogen) atoms. The minimum Gasteiger partial charge on any atom is -0.423 e. The molecule has 0 spiro atoms. The van der Waals surface area contributed by atoms with Crippen LogP contribution in [-0.2, 0) is 6.42 Å². The Morgan fingerprint density at radius 3 is 2.10 bits per heavy atom. The molecule has 0 N–H and O–H groups in total. The normalized spacial score (nSPS) is 10.4. The van der Waals surface area contributed by atoms with Gasteiger partial charge in [-0.1, -0.05) is 19.1 Å². The number of aryl methyl sites for hydroxylation is 1. The summed E-state index contributed by atoms with van der Waals surface area (Å²) in [7, 11) is 0. The maximum Gasteiger partial charge on any atom is 0.343 e. The average molecular weight is 280 g/mol. The number of hydrogen-bond donors (Lipinski definition) is 0.